The average Bonchev–Trinajstić information content (AvgIpc) is 3.44. The Morgan fingerprint density at radius 2 is 1.71 bits per heavy atom. The van der Waals surface area contributed by atoms with Gasteiger partial charge in [0.15, 0.2) is 11.6 Å². The van der Waals surface area contributed by atoms with Gasteiger partial charge in [-0.25, -0.2) is 14.2 Å². The van der Waals surface area contributed by atoms with Gasteiger partial charge in [0.25, 0.3) is 0 Å². The number of anilines is 1. The molecule has 0 saturated heterocycles. The molecule has 1 unspecified atom stereocenters. The van der Waals surface area contributed by atoms with Crippen molar-refractivity contribution in [3.8, 4) is 11.6 Å². The van der Waals surface area contributed by atoms with Crippen LogP contribution in [0.5, 0.6) is 11.6 Å². The molecule has 1 N–H and O–H groups in total. The van der Waals surface area contributed by atoms with Crippen molar-refractivity contribution in [1.29, 1.82) is 0 Å². The number of carboxylic acid groups (broad SMARTS) is 1. The van der Waals surface area contributed by atoms with Gasteiger partial charge in [-0.05, 0) is 64.0 Å². The summed E-state index contributed by atoms with van der Waals surface area (Å²) in [5, 5.41) is 17.8. The lowest BCUT2D eigenvalue weighted by molar-refractivity contribution is -0.139. The molecule has 9 nitrogen and oxygen atoms in total. The van der Waals surface area contributed by atoms with Gasteiger partial charge in [-0.2, -0.15) is 28.2 Å². The number of carboxylic acids is 1. The molecule has 0 bridgehead atoms. The van der Waals surface area contributed by atoms with E-state index in [1.165, 1.54) is 22.1 Å². The van der Waals surface area contributed by atoms with Crippen LogP contribution in [-0.4, -0.2) is 43.0 Å². The number of nitrogens with zero attached hydrogens (tertiary/aromatic N) is 5. The number of carbonyl (C=O) groups excluding carboxylic acids is 1. The molecular formula is C28H31F4N5O4. The molecule has 1 saturated carbocycles. The molecule has 1 aromatic carbocycles. The molecule has 13 heteroatoms. The Morgan fingerprint density at radius 1 is 1.07 bits per heavy atom. The van der Waals surface area contributed by atoms with Crippen molar-refractivity contribution in [3.63, 3.8) is 0 Å². The minimum absolute atomic E-state index is 0.117. The second-order valence-corrected chi connectivity index (χ2v) is 10.6. The molecule has 0 spiro atoms. The molecule has 2 heterocycles. The van der Waals surface area contributed by atoms with E-state index in [4.69, 9.17) is 4.74 Å². The number of hydrogen-bond donors (Lipinski definition) is 1. The third-order valence-electron chi connectivity index (χ3n) is 7.31. The minimum atomic E-state index is -4.93. The summed E-state index contributed by atoms with van der Waals surface area (Å²) < 4.78 is 62.7. The van der Waals surface area contributed by atoms with Gasteiger partial charge in [-0.15, -0.1) is 0 Å². The second-order valence-electron chi connectivity index (χ2n) is 10.6. The number of hydrogen-bond acceptors (Lipinski definition) is 6. The molecule has 1 fully saturated rings. The Morgan fingerprint density at radius 3 is 2.27 bits per heavy atom. The molecule has 4 rings (SSSR count). The van der Waals surface area contributed by atoms with E-state index in [2.05, 4.69) is 22.1 Å². The minimum Gasteiger partial charge on any atom is -0.478 e. The number of alkyl halides is 3. The molecule has 1 aliphatic rings. The summed E-state index contributed by atoms with van der Waals surface area (Å²) in [6.07, 6.45) is 1.90. The number of pyridine rings is 1. The van der Waals surface area contributed by atoms with E-state index >= 15 is 4.39 Å². The number of halogens is 4. The van der Waals surface area contributed by atoms with E-state index in [1.807, 2.05) is 0 Å². The Hall–Kier alpha value is -4.03. The van der Waals surface area contributed by atoms with Gasteiger partial charge in [0, 0.05) is 30.3 Å². The van der Waals surface area contributed by atoms with E-state index in [9.17, 15) is 27.9 Å². The monoisotopic (exact) mass is 577 g/mol. The third-order valence-corrected chi connectivity index (χ3v) is 7.31. The largest absolute Gasteiger partial charge is 0.478 e. The first kappa shape index (κ1) is 29.9. The lowest BCUT2D eigenvalue weighted by Gasteiger charge is -2.34. The van der Waals surface area contributed by atoms with Crippen LogP contribution in [0.3, 0.4) is 0 Å². The Bertz CT molecular complexity index is 1400. The van der Waals surface area contributed by atoms with Crippen molar-refractivity contribution < 1.29 is 37.0 Å². The maximum atomic E-state index is 15.4. The summed E-state index contributed by atoms with van der Waals surface area (Å²) in [6, 6.07) is 1.18. The zero-order valence-electron chi connectivity index (χ0n) is 23.0. The zero-order chi connectivity index (χ0) is 30.1. The first-order valence-corrected chi connectivity index (χ1v) is 13.3. The first-order valence-electron chi connectivity index (χ1n) is 13.3. The number of ether oxygens (including phenoxy) is 1. The number of aromatic carboxylic acids is 1. The molecular weight excluding hydrogens is 546 g/mol. The Labute approximate surface area is 234 Å². The van der Waals surface area contributed by atoms with Crippen molar-refractivity contribution in [2.45, 2.75) is 71.6 Å². The Kier molecular flexibility index (Phi) is 8.64. The molecule has 0 radical (unpaired) electrons. The van der Waals surface area contributed by atoms with Crippen LogP contribution in [0.15, 0.2) is 36.8 Å². The van der Waals surface area contributed by atoms with Crippen molar-refractivity contribution >= 4 is 17.6 Å². The van der Waals surface area contributed by atoms with E-state index in [-0.39, 0.29) is 23.1 Å². The van der Waals surface area contributed by atoms with Crippen molar-refractivity contribution in [1.82, 2.24) is 20.0 Å². The zero-order valence-corrected chi connectivity index (χ0v) is 23.0. The average molecular weight is 578 g/mol. The predicted molar refractivity (Wildman–Crippen MR) is 140 cm³/mol. The summed E-state index contributed by atoms with van der Waals surface area (Å²) >= 11 is 0. The normalized spacial score (nSPS) is 18.3. The molecule has 41 heavy (non-hydrogen) atoms. The van der Waals surface area contributed by atoms with Gasteiger partial charge in [-0.3, -0.25) is 4.79 Å². The Balaban J connectivity index is 1.72. The number of amides is 1. The fourth-order valence-electron chi connectivity index (χ4n) is 4.99. The van der Waals surface area contributed by atoms with E-state index in [1.54, 1.807) is 20.8 Å². The van der Waals surface area contributed by atoms with E-state index in [0.29, 0.717) is 18.8 Å². The number of benzene rings is 1. The topological polar surface area (TPSA) is 110 Å². The maximum absolute atomic E-state index is 15.4. The van der Waals surface area contributed by atoms with Crippen molar-refractivity contribution in [2.24, 2.45) is 11.8 Å². The van der Waals surface area contributed by atoms with E-state index < -0.39 is 52.8 Å². The third kappa shape index (κ3) is 6.49. The number of aromatic nitrogens is 4. The fourth-order valence-corrected chi connectivity index (χ4v) is 4.99. The smallest absolute Gasteiger partial charge is 0.421 e. The maximum Gasteiger partial charge on any atom is 0.421 e. The molecule has 1 aliphatic carbocycles. The van der Waals surface area contributed by atoms with Crippen LogP contribution in [0.4, 0.5) is 23.2 Å². The van der Waals surface area contributed by atoms with Crippen LogP contribution in [0.2, 0.25) is 0 Å². The predicted octanol–water partition coefficient (Wildman–Crippen LogP) is 6.50. The second kappa shape index (κ2) is 11.8. The highest BCUT2D eigenvalue weighted by atomic mass is 19.4. The molecule has 0 aliphatic heterocycles. The van der Waals surface area contributed by atoms with Crippen molar-refractivity contribution in [2.75, 3.05) is 4.90 Å². The van der Waals surface area contributed by atoms with E-state index in [0.717, 1.165) is 37.2 Å². The SMILES string of the molecule is CC1CCC(C(=O)N(c2cc(F)c(Oc3ncc(C(C)n4nccn4)cc3C(F)(F)F)cc2C(=O)O)C(C)C)CC1. The quantitative estimate of drug-likeness (QED) is 0.304. The van der Waals surface area contributed by atoms with Gasteiger partial charge in [-0.1, -0.05) is 6.92 Å². The fraction of sp³-hybridized carbons (Fsp3) is 0.464. The lowest BCUT2D eigenvalue weighted by Crippen LogP contribution is -2.43. The van der Waals surface area contributed by atoms with Gasteiger partial charge < -0.3 is 14.7 Å². The summed E-state index contributed by atoms with van der Waals surface area (Å²) in [5.41, 5.74) is -1.86. The lowest BCUT2D eigenvalue weighted by atomic mass is 9.82. The number of carbonyl (C=O) groups is 2. The highest BCUT2D eigenvalue weighted by molar-refractivity contribution is 6.03. The summed E-state index contributed by atoms with van der Waals surface area (Å²) in [7, 11) is 0. The van der Waals surface area contributed by atoms with Gasteiger partial charge >= 0.3 is 12.1 Å². The first-order chi connectivity index (χ1) is 19.3. The molecule has 2 aromatic heterocycles. The van der Waals surface area contributed by atoms with Crippen molar-refractivity contribution in [3.05, 3.63) is 59.3 Å². The summed E-state index contributed by atoms with van der Waals surface area (Å²) in [6.45, 7) is 7.03. The molecule has 1 amide bonds. The van der Waals surface area contributed by atoms with Gasteiger partial charge in [0.2, 0.25) is 11.8 Å². The standard InChI is InChI=1S/C28H31F4N5O4/c1-15(2)36(26(38)18-7-5-16(3)6-8-18)23-13-22(29)24(12-20(23)27(39)40)41-25-21(28(30,31)32)11-19(14-33-25)17(4)37-34-9-10-35-37/h9-18H,5-8H2,1-4H3,(H,39,40). The van der Waals surface area contributed by atoms with Crippen LogP contribution in [-0.2, 0) is 11.0 Å². The van der Waals surface area contributed by atoms with Crippen LogP contribution < -0.4 is 9.64 Å². The molecule has 1 atom stereocenters. The molecule has 220 valence electrons. The van der Waals surface area contributed by atoms with Gasteiger partial charge in [0.05, 0.1) is 29.7 Å². The van der Waals surface area contributed by atoms with Crippen LogP contribution in [0, 0.1) is 17.7 Å². The van der Waals surface area contributed by atoms with Crippen LogP contribution in [0.1, 0.15) is 80.9 Å². The summed E-state index contributed by atoms with van der Waals surface area (Å²) in [5.74, 6) is -4.57. The summed E-state index contributed by atoms with van der Waals surface area (Å²) in [4.78, 5) is 31.9. The highest BCUT2D eigenvalue weighted by Crippen LogP contribution is 2.41. The highest BCUT2D eigenvalue weighted by Gasteiger charge is 2.37. The van der Waals surface area contributed by atoms with Crippen LogP contribution in [0.25, 0.3) is 0 Å². The number of rotatable bonds is 8. The molecule has 3 aromatic rings. The van der Waals surface area contributed by atoms with Gasteiger partial charge in [0.1, 0.15) is 5.56 Å². The van der Waals surface area contributed by atoms with Crippen LogP contribution >= 0.6 is 0 Å².